The number of rotatable bonds is 6. The van der Waals surface area contributed by atoms with Crippen molar-refractivity contribution in [3.05, 3.63) is 200 Å². The van der Waals surface area contributed by atoms with Crippen LogP contribution in [0.25, 0.3) is 65.7 Å². The molecule has 0 aliphatic carbocycles. The highest BCUT2D eigenvalue weighted by molar-refractivity contribution is 7.10. The van der Waals surface area contributed by atoms with Gasteiger partial charge in [-0.25, -0.2) is 0 Å². The molecule has 0 heterocycles. The zero-order valence-electron chi connectivity index (χ0n) is 28.1. The first-order valence-electron chi connectivity index (χ1n) is 17.4. The maximum absolute atomic E-state index is 2.50. The largest absolute Gasteiger partial charge is 0.145 e. The van der Waals surface area contributed by atoms with E-state index >= 15 is 0 Å². The molecule has 9 aromatic rings. The van der Waals surface area contributed by atoms with Gasteiger partial charge in [0.15, 0.2) is 0 Å². The second kappa shape index (κ2) is 12.5. The van der Waals surface area contributed by atoms with Gasteiger partial charge in [-0.05, 0) is 81.3 Å². The first-order valence-corrected chi connectivity index (χ1v) is 19.9. The maximum atomic E-state index is 2.50. The Bertz CT molecular complexity index is 2540. The van der Waals surface area contributed by atoms with E-state index < -0.39 is 8.07 Å². The van der Waals surface area contributed by atoms with Gasteiger partial charge in [0, 0.05) is 0 Å². The Kier molecular flexibility index (Phi) is 7.49. The summed E-state index contributed by atoms with van der Waals surface area (Å²) in [6.45, 7) is 2.50. The first-order chi connectivity index (χ1) is 24.7. The zero-order valence-corrected chi connectivity index (χ0v) is 29.1. The summed E-state index contributed by atoms with van der Waals surface area (Å²) in [4.78, 5) is 0. The highest BCUT2D eigenvalue weighted by atomic mass is 28.3. The minimum Gasteiger partial charge on any atom is -0.0624 e. The smallest absolute Gasteiger partial charge is 0.0624 e. The van der Waals surface area contributed by atoms with Crippen LogP contribution in [-0.4, -0.2) is 8.07 Å². The van der Waals surface area contributed by atoms with Gasteiger partial charge in [-0.2, -0.15) is 0 Å². The molecule has 0 unspecified atom stereocenters. The van der Waals surface area contributed by atoms with Crippen LogP contribution in [-0.2, 0) is 0 Å². The Morgan fingerprint density at radius 3 is 1.20 bits per heavy atom. The molecule has 0 aliphatic rings. The molecule has 0 amide bonds. The van der Waals surface area contributed by atoms with Crippen LogP contribution >= 0.6 is 0 Å². The van der Waals surface area contributed by atoms with Gasteiger partial charge < -0.3 is 0 Å². The fourth-order valence-electron chi connectivity index (χ4n) is 8.14. The SMILES string of the molecule is C[Si](c1ccccc1)(c1ccccc1)c1cccc(-c2c3ccccc3c(-c3ccc(-c4ccccc4)c4ccccc34)c3ccccc23)c1. The lowest BCUT2D eigenvalue weighted by molar-refractivity contribution is 1.64. The molecule has 50 heavy (non-hydrogen) atoms. The average molecular weight is 653 g/mol. The van der Waals surface area contributed by atoms with Crippen molar-refractivity contribution in [3.63, 3.8) is 0 Å². The van der Waals surface area contributed by atoms with E-state index in [9.17, 15) is 0 Å². The lowest BCUT2D eigenvalue weighted by Gasteiger charge is -2.30. The molecular weight excluding hydrogens is 617 g/mol. The molecule has 236 valence electrons. The van der Waals surface area contributed by atoms with Gasteiger partial charge in [-0.3, -0.25) is 0 Å². The van der Waals surface area contributed by atoms with Crippen LogP contribution in [0, 0.1) is 0 Å². The number of hydrogen-bond acceptors (Lipinski definition) is 0. The van der Waals surface area contributed by atoms with Crippen LogP contribution in [0.1, 0.15) is 0 Å². The zero-order chi connectivity index (χ0) is 33.5. The molecule has 0 fully saturated rings. The quantitative estimate of drug-likeness (QED) is 0.0953. The topological polar surface area (TPSA) is 0 Å². The molecule has 0 saturated carbocycles. The standard InChI is InChI=1S/C49H36Si/c1-50(37-21-7-3-8-22-37,38-23-9-4-10-24-38)39-25-17-20-36(34-39)48-43-28-13-15-30-45(43)49(46-31-16-14-29-44(46)48)47-33-32-40(35-18-5-2-6-19-35)41-26-11-12-27-42(41)47/h2-34H,1H3. The van der Waals surface area contributed by atoms with E-state index in [4.69, 9.17) is 0 Å². The van der Waals surface area contributed by atoms with E-state index in [0.717, 1.165) is 0 Å². The predicted octanol–water partition coefficient (Wildman–Crippen LogP) is 11.2. The third kappa shape index (κ3) is 4.90. The van der Waals surface area contributed by atoms with E-state index in [-0.39, 0.29) is 0 Å². The summed E-state index contributed by atoms with van der Waals surface area (Å²) < 4.78 is 0. The Morgan fingerprint density at radius 1 is 0.280 bits per heavy atom. The van der Waals surface area contributed by atoms with Gasteiger partial charge >= 0.3 is 0 Å². The molecule has 0 aromatic heterocycles. The molecule has 0 radical (unpaired) electrons. The summed E-state index contributed by atoms with van der Waals surface area (Å²) in [5.74, 6) is 0. The van der Waals surface area contributed by atoms with Crippen molar-refractivity contribution in [1.82, 2.24) is 0 Å². The van der Waals surface area contributed by atoms with Crippen LogP contribution in [0.15, 0.2) is 200 Å². The molecule has 1 heteroatoms. The molecule has 0 saturated heterocycles. The summed E-state index contributed by atoms with van der Waals surface area (Å²) in [6, 6.07) is 74.0. The molecule has 0 bridgehead atoms. The Hall–Kier alpha value is -6.02. The third-order valence-corrected chi connectivity index (χ3v) is 15.1. The van der Waals surface area contributed by atoms with Crippen molar-refractivity contribution in [2.45, 2.75) is 6.55 Å². The predicted molar refractivity (Wildman–Crippen MR) is 219 cm³/mol. The molecule has 0 atom stereocenters. The van der Waals surface area contributed by atoms with Gasteiger partial charge in [-0.15, -0.1) is 0 Å². The van der Waals surface area contributed by atoms with Gasteiger partial charge in [0.05, 0.1) is 0 Å². The van der Waals surface area contributed by atoms with Crippen molar-refractivity contribution in [2.75, 3.05) is 0 Å². The molecular formula is C49H36Si. The van der Waals surface area contributed by atoms with E-state index in [0.29, 0.717) is 0 Å². The van der Waals surface area contributed by atoms with Crippen LogP contribution < -0.4 is 15.6 Å². The first kappa shape index (κ1) is 30.1. The van der Waals surface area contributed by atoms with Gasteiger partial charge in [-0.1, -0.05) is 207 Å². The number of fused-ring (bicyclic) bond motifs is 3. The normalized spacial score (nSPS) is 11.7. The molecule has 0 nitrogen and oxygen atoms in total. The van der Waals surface area contributed by atoms with Gasteiger partial charge in [0.1, 0.15) is 8.07 Å². The van der Waals surface area contributed by atoms with E-state index in [1.54, 1.807) is 0 Å². The summed E-state index contributed by atoms with van der Waals surface area (Å²) in [5.41, 5.74) is 7.61. The molecule has 0 aliphatic heterocycles. The molecule has 0 N–H and O–H groups in total. The highest BCUT2D eigenvalue weighted by Crippen LogP contribution is 2.46. The third-order valence-electron chi connectivity index (χ3n) is 10.6. The van der Waals surface area contributed by atoms with Crippen molar-refractivity contribution < 1.29 is 0 Å². The van der Waals surface area contributed by atoms with Crippen molar-refractivity contribution in [1.29, 1.82) is 0 Å². The molecule has 0 spiro atoms. The summed E-state index contributed by atoms with van der Waals surface area (Å²) in [7, 11) is -2.30. The highest BCUT2D eigenvalue weighted by Gasteiger charge is 2.34. The average Bonchev–Trinajstić information content (AvgIpc) is 3.20. The lowest BCUT2D eigenvalue weighted by atomic mass is 9.84. The van der Waals surface area contributed by atoms with Crippen molar-refractivity contribution in [2.24, 2.45) is 0 Å². The van der Waals surface area contributed by atoms with E-state index in [1.807, 2.05) is 0 Å². The molecule has 9 rings (SSSR count). The van der Waals surface area contributed by atoms with E-state index in [1.165, 1.54) is 81.3 Å². The van der Waals surface area contributed by atoms with E-state index in [2.05, 4.69) is 207 Å². The Balaban J connectivity index is 1.31. The summed E-state index contributed by atoms with van der Waals surface area (Å²) >= 11 is 0. The summed E-state index contributed by atoms with van der Waals surface area (Å²) in [6.07, 6.45) is 0. The second-order valence-corrected chi connectivity index (χ2v) is 17.3. The van der Waals surface area contributed by atoms with Crippen LogP contribution in [0.5, 0.6) is 0 Å². The van der Waals surface area contributed by atoms with Crippen LogP contribution in [0.4, 0.5) is 0 Å². The maximum Gasteiger partial charge on any atom is 0.145 e. The fraction of sp³-hybridized carbons (Fsp3) is 0.0204. The Morgan fingerprint density at radius 2 is 0.660 bits per heavy atom. The van der Waals surface area contributed by atoms with Crippen LogP contribution in [0.3, 0.4) is 0 Å². The number of hydrogen-bond donors (Lipinski definition) is 0. The second-order valence-electron chi connectivity index (χ2n) is 13.4. The lowest BCUT2D eigenvalue weighted by Crippen LogP contribution is -2.64. The monoisotopic (exact) mass is 652 g/mol. The number of benzene rings is 9. The minimum absolute atomic E-state index is 1.24. The van der Waals surface area contributed by atoms with Gasteiger partial charge in [0.2, 0.25) is 0 Å². The van der Waals surface area contributed by atoms with Crippen molar-refractivity contribution in [3.8, 4) is 33.4 Å². The fourth-order valence-corrected chi connectivity index (χ4v) is 11.7. The van der Waals surface area contributed by atoms with Gasteiger partial charge in [0.25, 0.3) is 0 Å². The minimum atomic E-state index is -2.30. The summed E-state index contributed by atoms with van der Waals surface area (Å²) in [5, 5.41) is 11.9. The molecule has 9 aromatic carbocycles. The van der Waals surface area contributed by atoms with Crippen LogP contribution in [0.2, 0.25) is 6.55 Å². The van der Waals surface area contributed by atoms with Crippen molar-refractivity contribution >= 4 is 56.0 Å². The Labute approximate surface area is 295 Å².